The zero-order valence-corrected chi connectivity index (χ0v) is 17.2. The van der Waals surface area contributed by atoms with Gasteiger partial charge in [-0.3, -0.25) is 0 Å². The molecule has 0 aliphatic heterocycles. The van der Waals surface area contributed by atoms with Crippen molar-refractivity contribution in [2.45, 2.75) is 45.1 Å². The number of hydrogen-bond donors (Lipinski definition) is 1. The summed E-state index contributed by atoms with van der Waals surface area (Å²) >= 11 is 0. The Kier molecular flexibility index (Phi) is 23.1. The van der Waals surface area contributed by atoms with Crippen LogP contribution >= 0.6 is 0 Å². The van der Waals surface area contributed by atoms with Gasteiger partial charge in [0.2, 0.25) is 0 Å². The number of aliphatic carboxylic acids is 2. The van der Waals surface area contributed by atoms with E-state index in [0.717, 1.165) is 19.3 Å². The van der Waals surface area contributed by atoms with Gasteiger partial charge in [0.1, 0.15) is 0 Å². The fraction of sp³-hybridized carbons (Fsp3) is 0.800. The molecule has 17 heavy (non-hydrogen) atoms. The van der Waals surface area contributed by atoms with Crippen molar-refractivity contribution in [1.82, 2.24) is 5.32 Å². The summed E-state index contributed by atoms with van der Waals surface area (Å²) in [5, 5.41) is 23.5. The van der Waals surface area contributed by atoms with Crippen molar-refractivity contribution in [2.75, 3.05) is 6.54 Å². The normalized spacial score (nSPS) is 10.9. The third-order valence-electron chi connectivity index (χ3n) is 2.09. The quantitative estimate of drug-likeness (QED) is 0.337. The van der Waals surface area contributed by atoms with Crippen molar-refractivity contribution in [1.29, 1.82) is 0 Å². The van der Waals surface area contributed by atoms with E-state index in [1.54, 1.807) is 0 Å². The van der Waals surface area contributed by atoms with Crippen LogP contribution in [0.4, 0.5) is 0 Å². The van der Waals surface area contributed by atoms with Crippen molar-refractivity contribution < 1.29 is 123 Å². The van der Waals surface area contributed by atoms with Crippen LogP contribution in [0.3, 0.4) is 0 Å². The Hall–Kier alpha value is 2.17. The number of carbonyl (C=O) groups excluding carboxylic acids is 2. The molecule has 0 amide bonds. The van der Waals surface area contributed by atoms with Gasteiger partial charge in [-0.05, 0) is 25.8 Å². The Morgan fingerprint density at radius 2 is 1.76 bits per heavy atom. The van der Waals surface area contributed by atoms with E-state index in [4.69, 9.17) is 0 Å². The predicted octanol–water partition coefficient (Wildman–Crippen LogP) is -7.58. The monoisotopic (exact) mass is 293 g/mol. The van der Waals surface area contributed by atoms with Crippen molar-refractivity contribution in [3.8, 4) is 0 Å². The first kappa shape index (κ1) is 24.2. The summed E-state index contributed by atoms with van der Waals surface area (Å²) in [7, 11) is 0. The number of hydrogen-bond acceptors (Lipinski definition) is 5. The minimum Gasteiger partial charge on any atom is -0.550 e. The van der Waals surface area contributed by atoms with Gasteiger partial charge in [0.15, 0.2) is 0 Å². The second-order valence-corrected chi connectivity index (χ2v) is 3.44. The van der Waals surface area contributed by atoms with Crippen LogP contribution in [-0.2, 0) is 9.59 Å². The van der Waals surface area contributed by atoms with Crippen LogP contribution in [-0.4, -0.2) is 24.5 Å². The zero-order valence-electron chi connectivity index (χ0n) is 11.0. The Bertz CT molecular complexity index is 214. The van der Waals surface area contributed by atoms with E-state index >= 15 is 0 Å². The Labute approximate surface area is 187 Å². The first-order chi connectivity index (χ1) is 7.07. The zero-order chi connectivity index (χ0) is 11.7. The van der Waals surface area contributed by atoms with Gasteiger partial charge in [-0.15, -0.1) is 0 Å². The first-order valence-electron chi connectivity index (χ1n) is 5.22. The molecule has 0 fully saturated rings. The number of carbonyl (C=O) groups is 2. The molecule has 7 heteroatoms. The molecule has 0 aromatic rings. The summed E-state index contributed by atoms with van der Waals surface area (Å²) in [6.45, 7) is 2.62. The Morgan fingerprint density at radius 1 is 1.18 bits per heavy atom. The molecule has 0 aromatic heterocycles. The maximum absolute atomic E-state index is 10.6. The van der Waals surface area contributed by atoms with Gasteiger partial charge in [0.25, 0.3) is 0 Å². The second kappa shape index (κ2) is 16.2. The van der Waals surface area contributed by atoms with E-state index in [9.17, 15) is 19.8 Å². The molecule has 5 nitrogen and oxygen atoms in total. The Balaban J connectivity index is -0.000000980. The van der Waals surface area contributed by atoms with E-state index in [0.29, 0.717) is 6.54 Å². The van der Waals surface area contributed by atoms with Crippen molar-refractivity contribution in [3.05, 3.63) is 0 Å². The molecular weight excluding hydrogens is 276 g/mol. The third-order valence-corrected chi connectivity index (χ3v) is 2.09. The summed E-state index contributed by atoms with van der Waals surface area (Å²) in [4.78, 5) is 20.7. The third kappa shape index (κ3) is 16.1. The molecular formula is C10H17K2NO4. The molecule has 0 bridgehead atoms. The number of rotatable bonds is 9. The van der Waals surface area contributed by atoms with E-state index < -0.39 is 18.0 Å². The second-order valence-electron chi connectivity index (χ2n) is 3.44. The van der Waals surface area contributed by atoms with Crippen LogP contribution < -0.4 is 118 Å². The number of carboxylic acid groups (broad SMARTS) is 2. The van der Waals surface area contributed by atoms with Gasteiger partial charge in [0.05, 0.1) is 5.97 Å². The molecule has 0 aliphatic carbocycles. The van der Waals surface area contributed by atoms with Crippen LogP contribution in [0, 0.1) is 0 Å². The number of unbranched alkanes of at least 4 members (excludes halogenated alkanes) is 2. The molecule has 88 valence electrons. The summed E-state index contributed by atoms with van der Waals surface area (Å²) in [5.41, 5.74) is 0. The SMILES string of the molecule is CCCCCNC(CCC(=O)[O-])C(=O)[O-].[K+].[K+]. The number of nitrogens with one attached hydrogen (secondary N) is 1. The fourth-order valence-corrected chi connectivity index (χ4v) is 1.22. The summed E-state index contributed by atoms with van der Waals surface area (Å²) in [6.07, 6.45) is 2.70. The summed E-state index contributed by atoms with van der Waals surface area (Å²) in [5.74, 6) is -2.50. The van der Waals surface area contributed by atoms with E-state index in [1.165, 1.54) is 0 Å². The molecule has 0 aliphatic rings. The molecule has 0 rings (SSSR count). The minimum absolute atomic E-state index is 0. The maximum Gasteiger partial charge on any atom is 1.00 e. The van der Waals surface area contributed by atoms with Crippen LogP contribution in [0.1, 0.15) is 39.0 Å². The van der Waals surface area contributed by atoms with E-state index in [1.807, 2.05) is 6.92 Å². The summed E-state index contributed by atoms with van der Waals surface area (Å²) in [6, 6.07) is -0.889. The topological polar surface area (TPSA) is 92.3 Å². The van der Waals surface area contributed by atoms with Gasteiger partial charge < -0.3 is 25.1 Å². The molecule has 1 atom stereocenters. The molecule has 0 aromatic carbocycles. The molecule has 1 unspecified atom stereocenters. The standard InChI is InChI=1S/C10H19NO4.2K/c1-2-3-4-7-11-8(10(14)15)5-6-9(12)13;;/h8,11H,2-7H2,1H3,(H,12,13)(H,14,15);;/q;2*+1/p-2. The fourth-order valence-electron chi connectivity index (χ4n) is 1.22. The molecule has 0 heterocycles. The van der Waals surface area contributed by atoms with Crippen LogP contribution in [0.5, 0.6) is 0 Å². The molecule has 0 radical (unpaired) electrons. The average molecular weight is 293 g/mol. The molecule has 0 saturated heterocycles. The van der Waals surface area contributed by atoms with Crippen LogP contribution in [0.2, 0.25) is 0 Å². The number of carboxylic acids is 2. The van der Waals surface area contributed by atoms with Crippen molar-refractivity contribution in [3.63, 3.8) is 0 Å². The van der Waals surface area contributed by atoms with Crippen LogP contribution in [0.15, 0.2) is 0 Å². The van der Waals surface area contributed by atoms with Crippen molar-refractivity contribution >= 4 is 11.9 Å². The van der Waals surface area contributed by atoms with Crippen LogP contribution in [0.25, 0.3) is 0 Å². The van der Waals surface area contributed by atoms with Gasteiger partial charge in [-0.1, -0.05) is 19.8 Å². The maximum atomic E-state index is 10.6. The van der Waals surface area contributed by atoms with E-state index in [2.05, 4.69) is 5.32 Å². The average Bonchev–Trinajstić information content (AvgIpc) is 2.15. The van der Waals surface area contributed by atoms with Gasteiger partial charge in [0, 0.05) is 12.0 Å². The van der Waals surface area contributed by atoms with Crippen molar-refractivity contribution in [2.24, 2.45) is 0 Å². The van der Waals surface area contributed by atoms with Gasteiger partial charge in [-0.2, -0.15) is 0 Å². The molecule has 1 N–H and O–H groups in total. The van der Waals surface area contributed by atoms with Gasteiger partial charge >= 0.3 is 103 Å². The minimum atomic E-state index is -1.26. The van der Waals surface area contributed by atoms with Gasteiger partial charge in [-0.25, -0.2) is 0 Å². The Morgan fingerprint density at radius 3 is 2.18 bits per heavy atom. The smallest absolute Gasteiger partial charge is 0.550 e. The first-order valence-corrected chi connectivity index (χ1v) is 5.22. The molecule has 0 spiro atoms. The predicted molar refractivity (Wildman–Crippen MR) is 50.6 cm³/mol. The molecule has 0 saturated carbocycles. The van der Waals surface area contributed by atoms with E-state index in [-0.39, 0.29) is 116 Å². The summed E-state index contributed by atoms with van der Waals surface area (Å²) < 4.78 is 0. The largest absolute Gasteiger partial charge is 1.00 e.